The smallest absolute Gasteiger partial charge is 0.264 e. The lowest BCUT2D eigenvalue weighted by atomic mass is 9.36. The summed E-state index contributed by atoms with van der Waals surface area (Å²) in [6, 6.07) is 71.0. The second-order valence-electron chi connectivity index (χ2n) is 24.9. The molecule has 0 fully saturated rings. The van der Waals surface area contributed by atoms with Crippen LogP contribution in [-0.2, 0) is 16.2 Å². The minimum Gasteiger partial charge on any atom is -0.310 e. The first-order valence-corrected chi connectivity index (χ1v) is 28.9. The van der Waals surface area contributed by atoms with E-state index in [2.05, 4.69) is 249 Å². The molecule has 8 aromatic carbocycles. The van der Waals surface area contributed by atoms with Crippen LogP contribution >= 0.6 is 11.3 Å². The summed E-state index contributed by atoms with van der Waals surface area (Å²) in [4.78, 5) is 13.0. The second-order valence-corrected chi connectivity index (χ2v) is 25.9. The van der Waals surface area contributed by atoms with E-state index in [4.69, 9.17) is 4.98 Å². The Kier molecular flexibility index (Phi) is 9.73. The standard InChI is InChI=1S/C72H58BN5S/c1-70(2,3)47-27-30-65-54(38-47)68-69(79-65)73-57-25-16-24-51-53-40-52-50-23-14-15-26-60(50)76(48-21-12-9-13-22-48)61(52)41-62(53)78(67(51)57)64-37-46(59-35-45(44-20-17-33-74-42-44)34-58(75-59)43-18-10-8-11-19-43)36-63(66(64)73)77(68)49-28-29-55-56(39-49)72(6,7)32-31-71(55,4)5/h8-30,33-42H,31-32H2,1-7H3. The Bertz CT molecular complexity index is 4650. The van der Waals surface area contributed by atoms with Gasteiger partial charge in [-0.05, 0) is 147 Å². The van der Waals surface area contributed by atoms with Crippen LogP contribution in [0, 0.1) is 0 Å². The number of rotatable bonds is 5. The summed E-state index contributed by atoms with van der Waals surface area (Å²) in [5, 5.41) is 6.33. The fourth-order valence-electron chi connectivity index (χ4n) is 14.0. The van der Waals surface area contributed by atoms with Crippen molar-refractivity contribution in [1.29, 1.82) is 0 Å². The highest BCUT2D eigenvalue weighted by molar-refractivity contribution is 7.33. The van der Waals surface area contributed by atoms with Gasteiger partial charge in [0.05, 0.1) is 33.6 Å². The molecule has 13 aromatic rings. The molecule has 380 valence electrons. The molecule has 0 spiro atoms. The van der Waals surface area contributed by atoms with Crippen molar-refractivity contribution >= 4 is 105 Å². The third-order valence-electron chi connectivity index (χ3n) is 18.2. The molecule has 0 atom stereocenters. The van der Waals surface area contributed by atoms with E-state index in [0.29, 0.717) is 0 Å². The summed E-state index contributed by atoms with van der Waals surface area (Å²) in [7, 11) is 0. The van der Waals surface area contributed by atoms with Crippen molar-refractivity contribution in [3.05, 3.63) is 217 Å². The molecule has 79 heavy (non-hydrogen) atoms. The van der Waals surface area contributed by atoms with E-state index >= 15 is 0 Å². The molecule has 16 rings (SSSR count). The van der Waals surface area contributed by atoms with E-state index in [1.807, 2.05) is 29.8 Å². The van der Waals surface area contributed by atoms with E-state index in [1.165, 1.54) is 109 Å². The zero-order valence-electron chi connectivity index (χ0n) is 45.7. The molecule has 0 saturated heterocycles. The molecule has 7 heterocycles. The topological polar surface area (TPSA) is 38.9 Å². The third-order valence-corrected chi connectivity index (χ3v) is 19.4. The molecule has 0 N–H and O–H groups in total. The Labute approximate surface area is 465 Å². The number of benzene rings is 8. The molecule has 3 aliphatic rings. The first-order chi connectivity index (χ1) is 38.3. The van der Waals surface area contributed by atoms with Gasteiger partial charge in [0.2, 0.25) is 0 Å². The van der Waals surface area contributed by atoms with Gasteiger partial charge in [0, 0.05) is 93.8 Å². The number of fused-ring (bicyclic) bond motifs is 13. The number of thiophene rings is 1. The minimum absolute atomic E-state index is 0.00601. The largest absolute Gasteiger partial charge is 0.310 e. The van der Waals surface area contributed by atoms with Crippen molar-refractivity contribution in [1.82, 2.24) is 19.1 Å². The molecule has 5 nitrogen and oxygen atoms in total. The van der Waals surface area contributed by atoms with Crippen molar-refractivity contribution in [3.63, 3.8) is 0 Å². The van der Waals surface area contributed by atoms with Crippen LogP contribution in [0.5, 0.6) is 0 Å². The highest BCUT2D eigenvalue weighted by Crippen LogP contribution is 2.52. The Hall–Kier alpha value is -8.52. The predicted molar refractivity (Wildman–Crippen MR) is 336 cm³/mol. The van der Waals surface area contributed by atoms with Gasteiger partial charge < -0.3 is 14.0 Å². The molecule has 0 amide bonds. The first kappa shape index (κ1) is 46.6. The van der Waals surface area contributed by atoms with E-state index < -0.39 is 0 Å². The van der Waals surface area contributed by atoms with Crippen LogP contribution in [0.3, 0.4) is 0 Å². The summed E-state index contributed by atoms with van der Waals surface area (Å²) in [5.41, 5.74) is 23.9. The van der Waals surface area contributed by atoms with E-state index in [-0.39, 0.29) is 23.0 Å². The number of aromatic nitrogens is 4. The fourth-order valence-corrected chi connectivity index (χ4v) is 15.3. The van der Waals surface area contributed by atoms with Crippen LogP contribution in [-0.4, -0.2) is 25.8 Å². The molecule has 0 saturated carbocycles. The SMILES string of the molecule is CC(C)(C)c1ccc2sc3c(c2c1)N(c1ccc2c(c1)C(C)(C)CCC2(C)C)c1cc(-c2cc(-c4cccnc4)cc(-c4ccccc4)n2)cc2c1B3c1cccc3c4cc5c6ccccc6n(-c6ccccc6)c5cc4n-2c13. The van der Waals surface area contributed by atoms with Gasteiger partial charge in [-0.15, -0.1) is 11.3 Å². The summed E-state index contributed by atoms with van der Waals surface area (Å²) < 4.78 is 7.80. The highest BCUT2D eigenvalue weighted by atomic mass is 32.1. The number of anilines is 3. The van der Waals surface area contributed by atoms with Crippen molar-refractivity contribution in [3.8, 4) is 45.0 Å². The number of hydrogen-bond donors (Lipinski definition) is 0. The molecule has 1 aliphatic carbocycles. The zero-order chi connectivity index (χ0) is 53.3. The van der Waals surface area contributed by atoms with Gasteiger partial charge in [-0.1, -0.05) is 152 Å². The van der Waals surface area contributed by atoms with Crippen molar-refractivity contribution in [2.45, 2.75) is 77.6 Å². The normalized spacial score (nSPS) is 15.1. The van der Waals surface area contributed by atoms with Crippen molar-refractivity contribution in [2.24, 2.45) is 0 Å². The van der Waals surface area contributed by atoms with Crippen LogP contribution in [0.4, 0.5) is 17.1 Å². The molecule has 2 aliphatic heterocycles. The summed E-state index contributed by atoms with van der Waals surface area (Å²) in [5.74, 6) is 0. The van der Waals surface area contributed by atoms with Crippen molar-refractivity contribution in [2.75, 3.05) is 4.90 Å². The molecule has 0 unspecified atom stereocenters. The van der Waals surface area contributed by atoms with Gasteiger partial charge in [0.15, 0.2) is 0 Å². The van der Waals surface area contributed by atoms with Crippen LogP contribution in [0.2, 0.25) is 0 Å². The van der Waals surface area contributed by atoms with Crippen molar-refractivity contribution < 1.29 is 0 Å². The van der Waals surface area contributed by atoms with Crippen LogP contribution in [0.15, 0.2) is 200 Å². The van der Waals surface area contributed by atoms with Gasteiger partial charge in [-0.3, -0.25) is 4.98 Å². The molecule has 5 aromatic heterocycles. The van der Waals surface area contributed by atoms with Crippen LogP contribution in [0.25, 0.3) is 98.7 Å². The maximum Gasteiger partial charge on any atom is 0.264 e. The van der Waals surface area contributed by atoms with Gasteiger partial charge in [0.25, 0.3) is 6.71 Å². The van der Waals surface area contributed by atoms with Crippen LogP contribution in [0.1, 0.15) is 78.0 Å². The fraction of sp³-hybridized carbons (Fsp3) is 0.167. The van der Waals surface area contributed by atoms with E-state index in [0.717, 1.165) is 52.2 Å². The van der Waals surface area contributed by atoms with Gasteiger partial charge in [0.1, 0.15) is 0 Å². The third kappa shape index (κ3) is 6.82. The summed E-state index contributed by atoms with van der Waals surface area (Å²) >= 11 is 1.98. The quantitative estimate of drug-likeness (QED) is 0.161. The average molecular weight is 1040 g/mol. The molecule has 7 heteroatoms. The van der Waals surface area contributed by atoms with E-state index in [1.54, 1.807) is 0 Å². The lowest BCUT2D eigenvalue weighted by molar-refractivity contribution is 0.332. The summed E-state index contributed by atoms with van der Waals surface area (Å²) in [6.07, 6.45) is 6.12. The number of nitrogens with zero attached hydrogens (tertiary/aromatic N) is 5. The highest BCUT2D eigenvalue weighted by Gasteiger charge is 2.46. The lowest BCUT2D eigenvalue weighted by Gasteiger charge is -2.43. The summed E-state index contributed by atoms with van der Waals surface area (Å²) in [6.45, 7) is 16.8. The molecule has 0 bridgehead atoms. The maximum atomic E-state index is 5.68. The predicted octanol–water partition coefficient (Wildman–Crippen LogP) is 17.1. The zero-order valence-corrected chi connectivity index (χ0v) is 46.5. The van der Waals surface area contributed by atoms with Gasteiger partial charge in [-0.25, -0.2) is 4.98 Å². The Morgan fingerprint density at radius 3 is 1.99 bits per heavy atom. The van der Waals surface area contributed by atoms with E-state index in [9.17, 15) is 0 Å². The van der Waals surface area contributed by atoms with Gasteiger partial charge >= 0.3 is 0 Å². The lowest BCUT2D eigenvalue weighted by Crippen LogP contribution is -2.59. The maximum absolute atomic E-state index is 5.68. The monoisotopic (exact) mass is 1040 g/mol. The number of para-hydroxylation sites is 3. The Balaban J connectivity index is 1.07. The first-order valence-electron chi connectivity index (χ1n) is 28.0. The minimum atomic E-state index is -0.0438. The number of hydrogen-bond acceptors (Lipinski definition) is 4. The Morgan fingerprint density at radius 2 is 1.20 bits per heavy atom. The molecule has 0 radical (unpaired) electrons. The molecular formula is C72H58BN5S. The number of pyridine rings is 2. The Morgan fingerprint density at radius 1 is 0.506 bits per heavy atom. The molecular weight excluding hydrogens is 978 g/mol. The average Bonchev–Trinajstić information content (AvgIpc) is 4.04. The van der Waals surface area contributed by atoms with Gasteiger partial charge in [-0.2, -0.15) is 0 Å². The van der Waals surface area contributed by atoms with Crippen LogP contribution < -0.4 is 20.6 Å². The second kappa shape index (κ2) is 16.5.